The molecule has 0 aliphatic heterocycles. The highest BCUT2D eigenvalue weighted by molar-refractivity contribution is 7.81. The van der Waals surface area contributed by atoms with Gasteiger partial charge in [0.25, 0.3) is 5.56 Å². The first kappa shape index (κ1) is 8.40. The van der Waals surface area contributed by atoms with Crippen LogP contribution in [-0.4, -0.2) is 4.98 Å². The Morgan fingerprint density at radius 2 is 2.18 bits per heavy atom. The van der Waals surface area contributed by atoms with E-state index in [0.29, 0.717) is 5.56 Å². The zero-order chi connectivity index (χ0) is 8.48. The molecule has 60 valence electrons. The summed E-state index contributed by atoms with van der Waals surface area (Å²) in [5.74, 6) is 0. The molecule has 0 saturated heterocycles. The van der Waals surface area contributed by atoms with Crippen molar-refractivity contribution in [1.82, 2.24) is 4.98 Å². The highest BCUT2D eigenvalue weighted by Gasteiger charge is 2.17. The second-order valence-corrected chi connectivity index (χ2v) is 4.09. The summed E-state index contributed by atoms with van der Waals surface area (Å²) in [5.41, 5.74) is 0.635. The molecule has 0 saturated carbocycles. The molecule has 0 spiro atoms. The lowest BCUT2D eigenvalue weighted by Crippen LogP contribution is -2.21. The van der Waals surface area contributed by atoms with Gasteiger partial charge in [-0.25, -0.2) is 0 Å². The predicted octanol–water partition coefficient (Wildman–Crippen LogP) is 1.54. The lowest BCUT2D eigenvalue weighted by atomic mass is 10.1. The largest absolute Gasteiger partial charge is 0.329 e. The molecule has 1 rings (SSSR count). The lowest BCUT2D eigenvalue weighted by Gasteiger charge is -2.15. The minimum Gasteiger partial charge on any atom is -0.329 e. The van der Waals surface area contributed by atoms with Crippen molar-refractivity contribution >= 4 is 12.6 Å². The van der Waals surface area contributed by atoms with Gasteiger partial charge in [-0.05, 0) is 19.9 Å². The third-order valence-electron chi connectivity index (χ3n) is 1.48. The van der Waals surface area contributed by atoms with E-state index >= 15 is 0 Å². The molecule has 0 radical (unpaired) electrons. The molecule has 0 aliphatic rings. The van der Waals surface area contributed by atoms with Gasteiger partial charge in [0.15, 0.2) is 0 Å². The van der Waals surface area contributed by atoms with Crippen LogP contribution in [0.2, 0.25) is 0 Å². The van der Waals surface area contributed by atoms with Crippen LogP contribution in [0.3, 0.4) is 0 Å². The summed E-state index contributed by atoms with van der Waals surface area (Å²) in [6.45, 7) is 3.78. The normalized spacial score (nSPS) is 11.5. The number of nitrogens with one attached hydrogen (secondary N) is 1. The summed E-state index contributed by atoms with van der Waals surface area (Å²) in [6.07, 6.45) is 1.62. The number of hydrogen-bond acceptors (Lipinski definition) is 2. The van der Waals surface area contributed by atoms with Crippen LogP contribution in [0.5, 0.6) is 0 Å². The second-order valence-electron chi connectivity index (χ2n) is 2.97. The van der Waals surface area contributed by atoms with Crippen molar-refractivity contribution in [1.29, 1.82) is 0 Å². The van der Waals surface area contributed by atoms with Gasteiger partial charge in [-0.1, -0.05) is 6.07 Å². The van der Waals surface area contributed by atoms with Crippen LogP contribution in [0, 0.1) is 0 Å². The number of thiol groups is 1. The summed E-state index contributed by atoms with van der Waals surface area (Å²) in [5, 5.41) is 0. The van der Waals surface area contributed by atoms with Gasteiger partial charge in [0.05, 0.1) is 0 Å². The number of aromatic nitrogens is 1. The fourth-order valence-corrected chi connectivity index (χ4v) is 1.08. The number of H-pyrrole nitrogens is 1. The minimum absolute atomic E-state index is 0.0625. The molecule has 1 aromatic rings. The average molecular weight is 169 g/mol. The van der Waals surface area contributed by atoms with Crippen LogP contribution in [0.1, 0.15) is 19.4 Å². The van der Waals surface area contributed by atoms with Gasteiger partial charge in [0, 0.05) is 16.5 Å². The van der Waals surface area contributed by atoms with Crippen molar-refractivity contribution in [2.24, 2.45) is 0 Å². The van der Waals surface area contributed by atoms with Crippen LogP contribution in [-0.2, 0) is 4.75 Å². The zero-order valence-corrected chi connectivity index (χ0v) is 7.48. The van der Waals surface area contributed by atoms with E-state index in [1.165, 1.54) is 0 Å². The minimum atomic E-state index is -0.366. The Morgan fingerprint density at radius 1 is 1.55 bits per heavy atom. The summed E-state index contributed by atoms with van der Waals surface area (Å²) in [4.78, 5) is 13.8. The molecule has 2 nitrogen and oxygen atoms in total. The molecule has 11 heavy (non-hydrogen) atoms. The van der Waals surface area contributed by atoms with Crippen LogP contribution in [0.25, 0.3) is 0 Å². The standard InChI is InChI=1S/C8H11NOS/c1-8(2,11)6-4-3-5-9-7(6)10/h3-5,11H,1-2H3,(H,9,10). The highest BCUT2D eigenvalue weighted by atomic mass is 32.1. The van der Waals surface area contributed by atoms with Crippen molar-refractivity contribution in [2.45, 2.75) is 18.6 Å². The van der Waals surface area contributed by atoms with Crippen LogP contribution in [0.4, 0.5) is 0 Å². The number of hydrogen-bond donors (Lipinski definition) is 2. The molecule has 1 N–H and O–H groups in total. The first-order valence-corrected chi connectivity index (χ1v) is 3.87. The summed E-state index contributed by atoms with van der Waals surface area (Å²) >= 11 is 4.29. The SMILES string of the molecule is CC(C)(S)c1ccc[nH]c1=O. The predicted molar refractivity (Wildman–Crippen MR) is 49.1 cm³/mol. The van der Waals surface area contributed by atoms with Gasteiger partial charge in [-0.15, -0.1) is 0 Å². The average Bonchev–Trinajstić information content (AvgIpc) is 1.86. The Balaban J connectivity index is 3.26. The van der Waals surface area contributed by atoms with E-state index in [1.807, 2.05) is 13.8 Å². The van der Waals surface area contributed by atoms with E-state index in [0.717, 1.165) is 0 Å². The first-order chi connectivity index (χ1) is 5.02. The Labute approximate surface area is 71.1 Å². The van der Waals surface area contributed by atoms with Crippen LogP contribution in [0.15, 0.2) is 23.1 Å². The topological polar surface area (TPSA) is 32.9 Å². The van der Waals surface area contributed by atoms with Crippen LogP contribution >= 0.6 is 12.6 Å². The molecule has 0 aliphatic carbocycles. The maximum absolute atomic E-state index is 11.2. The molecule has 0 bridgehead atoms. The van der Waals surface area contributed by atoms with Crippen LogP contribution < -0.4 is 5.56 Å². The Morgan fingerprint density at radius 3 is 2.55 bits per heavy atom. The van der Waals surface area contributed by atoms with E-state index in [9.17, 15) is 4.79 Å². The molecule has 0 fully saturated rings. The monoisotopic (exact) mass is 169 g/mol. The van der Waals surface area contributed by atoms with Crippen molar-refractivity contribution in [3.63, 3.8) is 0 Å². The van der Waals surface area contributed by atoms with E-state index in [1.54, 1.807) is 18.3 Å². The summed E-state index contributed by atoms with van der Waals surface area (Å²) in [6, 6.07) is 3.58. The number of pyridine rings is 1. The first-order valence-electron chi connectivity index (χ1n) is 3.42. The molecule has 0 amide bonds. The lowest BCUT2D eigenvalue weighted by molar-refractivity contribution is 0.774. The van der Waals surface area contributed by atoms with Crippen molar-refractivity contribution in [3.8, 4) is 0 Å². The maximum Gasteiger partial charge on any atom is 0.252 e. The summed E-state index contributed by atoms with van der Waals surface area (Å²) < 4.78 is -0.366. The molecular formula is C8H11NOS. The number of rotatable bonds is 1. The zero-order valence-electron chi connectivity index (χ0n) is 6.59. The van der Waals surface area contributed by atoms with Gasteiger partial charge in [0.1, 0.15) is 0 Å². The molecule has 0 atom stereocenters. The highest BCUT2D eigenvalue weighted by Crippen LogP contribution is 2.22. The van der Waals surface area contributed by atoms with E-state index in [-0.39, 0.29) is 10.3 Å². The van der Waals surface area contributed by atoms with E-state index in [4.69, 9.17) is 0 Å². The Hall–Kier alpha value is -0.700. The molecular weight excluding hydrogens is 158 g/mol. The smallest absolute Gasteiger partial charge is 0.252 e. The van der Waals surface area contributed by atoms with Crippen molar-refractivity contribution in [2.75, 3.05) is 0 Å². The molecule has 1 aromatic heterocycles. The van der Waals surface area contributed by atoms with E-state index in [2.05, 4.69) is 17.6 Å². The number of aromatic amines is 1. The van der Waals surface area contributed by atoms with Gasteiger partial charge >= 0.3 is 0 Å². The maximum atomic E-state index is 11.2. The second kappa shape index (κ2) is 2.74. The summed E-state index contributed by atoms with van der Waals surface area (Å²) in [7, 11) is 0. The Bertz CT molecular complexity index is 297. The van der Waals surface area contributed by atoms with Gasteiger partial charge in [-0.3, -0.25) is 4.79 Å². The quantitative estimate of drug-likeness (QED) is 0.614. The fourth-order valence-electron chi connectivity index (χ4n) is 0.903. The van der Waals surface area contributed by atoms with E-state index < -0.39 is 0 Å². The molecule has 0 unspecified atom stereocenters. The van der Waals surface area contributed by atoms with Gasteiger partial charge in [-0.2, -0.15) is 12.6 Å². The molecule has 3 heteroatoms. The fraction of sp³-hybridized carbons (Fsp3) is 0.375. The molecule has 0 aromatic carbocycles. The van der Waals surface area contributed by atoms with Gasteiger partial charge < -0.3 is 4.98 Å². The van der Waals surface area contributed by atoms with Gasteiger partial charge in [0.2, 0.25) is 0 Å². The third kappa shape index (κ3) is 1.87. The molecule has 1 heterocycles. The van der Waals surface area contributed by atoms with Crippen molar-refractivity contribution in [3.05, 3.63) is 34.2 Å². The third-order valence-corrected chi connectivity index (χ3v) is 1.72. The Kier molecular flexibility index (Phi) is 2.09. The van der Waals surface area contributed by atoms with Crippen molar-refractivity contribution < 1.29 is 0 Å².